The Morgan fingerprint density at radius 2 is 2.05 bits per heavy atom. The third-order valence-electron chi connectivity index (χ3n) is 2.50. The van der Waals surface area contributed by atoms with Crippen LogP contribution in [0.5, 0.6) is 0 Å². The van der Waals surface area contributed by atoms with E-state index in [9.17, 15) is 13.2 Å². The van der Waals surface area contributed by atoms with Crippen molar-refractivity contribution in [3.63, 3.8) is 0 Å². The van der Waals surface area contributed by atoms with Crippen LogP contribution in [0.4, 0.5) is 0 Å². The van der Waals surface area contributed by atoms with E-state index < -0.39 is 28.6 Å². The summed E-state index contributed by atoms with van der Waals surface area (Å²) in [5.74, 6) is -1.11. The fourth-order valence-electron chi connectivity index (χ4n) is 1.71. The number of rotatable bonds is 6. The van der Waals surface area contributed by atoms with Crippen molar-refractivity contribution >= 4 is 16.0 Å². The normalized spacial score (nSPS) is 13.5. The van der Waals surface area contributed by atoms with Gasteiger partial charge in [-0.3, -0.25) is 9.48 Å². The third kappa shape index (κ3) is 3.52. The second kappa shape index (κ2) is 5.68. The Hall–Kier alpha value is -1.45. The van der Waals surface area contributed by atoms with E-state index in [1.54, 1.807) is 0 Å². The molecule has 0 radical (unpaired) electrons. The molecule has 0 amide bonds. The Kier molecular flexibility index (Phi) is 4.66. The molecular weight excluding hydrogens is 274 g/mol. The van der Waals surface area contributed by atoms with Gasteiger partial charge < -0.3 is 10.2 Å². The van der Waals surface area contributed by atoms with Gasteiger partial charge in [-0.2, -0.15) is 5.10 Å². The Labute approximate surface area is 111 Å². The predicted molar refractivity (Wildman–Crippen MR) is 66.2 cm³/mol. The van der Waals surface area contributed by atoms with Gasteiger partial charge in [0.05, 0.1) is 18.0 Å². The van der Waals surface area contributed by atoms with E-state index in [1.807, 2.05) is 0 Å². The molecule has 0 spiro atoms. The van der Waals surface area contributed by atoms with Gasteiger partial charge in [-0.15, -0.1) is 0 Å². The van der Waals surface area contributed by atoms with Gasteiger partial charge >= 0.3 is 5.97 Å². The van der Waals surface area contributed by atoms with Crippen LogP contribution < -0.4 is 4.72 Å². The summed E-state index contributed by atoms with van der Waals surface area (Å²) in [5.41, 5.74) is 0.467. The number of aryl methyl sites for hydroxylation is 1. The minimum absolute atomic E-state index is 0.0472. The molecule has 0 aliphatic heterocycles. The zero-order chi connectivity index (χ0) is 14.8. The fraction of sp³-hybridized carbons (Fsp3) is 0.600. The van der Waals surface area contributed by atoms with Crippen LogP contribution in [0.3, 0.4) is 0 Å². The van der Waals surface area contributed by atoms with Crippen molar-refractivity contribution in [1.82, 2.24) is 14.5 Å². The fourth-order valence-corrected chi connectivity index (χ4v) is 3.36. The van der Waals surface area contributed by atoms with Gasteiger partial charge in [-0.05, 0) is 20.8 Å². The maximum atomic E-state index is 12.1. The zero-order valence-corrected chi connectivity index (χ0v) is 11.7. The number of hydrogen-bond acceptors (Lipinski definition) is 5. The molecule has 19 heavy (non-hydrogen) atoms. The van der Waals surface area contributed by atoms with Gasteiger partial charge in [-0.1, -0.05) is 0 Å². The van der Waals surface area contributed by atoms with Crippen molar-refractivity contribution < 1.29 is 23.4 Å². The number of hydrogen-bond donors (Lipinski definition) is 3. The van der Waals surface area contributed by atoms with E-state index >= 15 is 0 Å². The Balaban J connectivity index is 3.20. The van der Waals surface area contributed by atoms with Crippen molar-refractivity contribution in [2.45, 2.75) is 38.3 Å². The SMILES string of the molecule is Cc1nn(CC(=O)O)c(C)c1S(=O)(=O)N[C@H](C)CO. The number of aromatic nitrogens is 2. The highest BCUT2D eigenvalue weighted by Gasteiger charge is 2.26. The highest BCUT2D eigenvalue weighted by atomic mass is 32.2. The molecule has 0 aromatic carbocycles. The molecule has 0 fully saturated rings. The number of sulfonamides is 1. The summed E-state index contributed by atoms with van der Waals surface area (Å²) in [5, 5.41) is 21.5. The number of aliphatic carboxylic acids is 1. The summed E-state index contributed by atoms with van der Waals surface area (Å²) in [6.45, 7) is 3.76. The largest absolute Gasteiger partial charge is 0.480 e. The molecule has 1 aromatic heterocycles. The van der Waals surface area contributed by atoms with Crippen LogP contribution >= 0.6 is 0 Å². The summed E-state index contributed by atoms with van der Waals surface area (Å²) < 4.78 is 27.7. The second-order valence-electron chi connectivity index (χ2n) is 4.26. The molecule has 1 rings (SSSR count). The molecule has 9 heteroatoms. The standard InChI is InChI=1S/C10H17N3O5S/c1-6(5-14)12-19(17,18)10-7(2)11-13(8(10)3)4-9(15)16/h6,12,14H,4-5H2,1-3H3,(H,15,16)/t6-/m1/s1. The Bertz CT molecular complexity index is 578. The van der Waals surface area contributed by atoms with Crippen LogP contribution in [0.25, 0.3) is 0 Å². The lowest BCUT2D eigenvalue weighted by Gasteiger charge is -2.11. The average Bonchev–Trinajstić information content (AvgIpc) is 2.52. The molecule has 3 N–H and O–H groups in total. The maximum Gasteiger partial charge on any atom is 0.325 e. The number of carbonyl (C=O) groups is 1. The van der Waals surface area contributed by atoms with E-state index in [-0.39, 0.29) is 22.9 Å². The average molecular weight is 291 g/mol. The molecule has 0 saturated carbocycles. The van der Waals surface area contributed by atoms with Gasteiger partial charge in [0, 0.05) is 6.04 Å². The maximum absolute atomic E-state index is 12.1. The first kappa shape index (κ1) is 15.6. The lowest BCUT2D eigenvalue weighted by Crippen LogP contribution is -2.35. The van der Waals surface area contributed by atoms with E-state index in [0.29, 0.717) is 0 Å². The van der Waals surface area contributed by atoms with E-state index in [2.05, 4.69) is 9.82 Å². The predicted octanol–water partition coefficient (Wildman–Crippen LogP) is -0.756. The van der Waals surface area contributed by atoms with Crippen molar-refractivity contribution in [2.75, 3.05) is 6.61 Å². The summed E-state index contributed by atoms with van der Waals surface area (Å²) >= 11 is 0. The summed E-state index contributed by atoms with van der Waals surface area (Å²) in [4.78, 5) is 10.6. The first-order chi connectivity index (χ1) is 8.69. The van der Waals surface area contributed by atoms with Crippen LogP contribution in [0, 0.1) is 13.8 Å². The van der Waals surface area contributed by atoms with Gasteiger partial charge in [0.15, 0.2) is 0 Å². The van der Waals surface area contributed by atoms with Gasteiger partial charge in [0.25, 0.3) is 0 Å². The van der Waals surface area contributed by atoms with E-state index in [1.165, 1.54) is 20.8 Å². The van der Waals surface area contributed by atoms with Crippen LogP contribution in [-0.2, 0) is 21.4 Å². The molecule has 0 aliphatic rings. The van der Waals surface area contributed by atoms with Gasteiger partial charge in [0.1, 0.15) is 11.4 Å². The summed E-state index contributed by atoms with van der Waals surface area (Å²) in [6, 6.07) is -0.633. The van der Waals surface area contributed by atoms with E-state index in [0.717, 1.165) is 4.68 Å². The van der Waals surface area contributed by atoms with Crippen LogP contribution in [0.15, 0.2) is 4.90 Å². The van der Waals surface area contributed by atoms with Crippen LogP contribution in [0.1, 0.15) is 18.3 Å². The molecule has 1 aromatic rings. The van der Waals surface area contributed by atoms with Crippen LogP contribution in [-0.4, -0.2) is 47.0 Å². The molecular formula is C10H17N3O5S. The van der Waals surface area contributed by atoms with Crippen molar-refractivity contribution in [2.24, 2.45) is 0 Å². The lowest BCUT2D eigenvalue weighted by molar-refractivity contribution is -0.137. The number of carboxylic acid groups (broad SMARTS) is 1. The molecule has 0 aliphatic carbocycles. The van der Waals surface area contributed by atoms with Gasteiger partial charge in [-0.25, -0.2) is 13.1 Å². The monoisotopic (exact) mass is 291 g/mol. The van der Waals surface area contributed by atoms with E-state index in [4.69, 9.17) is 10.2 Å². The summed E-state index contributed by atoms with van der Waals surface area (Å²) in [7, 11) is -3.83. The molecule has 8 nitrogen and oxygen atoms in total. The summed E-state index contributed by atoms with van der Waals surface area (Å²) in [6.07, 6.45) is 0. The topological polar surface area (TPSA) is 122 Å². The number of carboxylic acids is 1. The molecule has 1 atom stereocenters. The van der Waals surface area contributed by atoms with Gasteiger partial charge in [0.2, 0.25) is 10.0 Å². The number of nitrogens with one attached hydrogen (secondary N) is 1. The lowest BCUT2D eigenvalue weighted by atomic mass is 10.4. The first-order valence-electron chi connectivity index (χ1n) is 5.58. The molecule has 108 valence electrons. The molecule has 0 unspecified atom stereocenters. The van der Waals surface area contributed by atoms with Crippen LogP contribution in [0.2, 0.25) is 0 Å². The van der Waals surface area contributed by atoms with Crippen molar-refractivity contribution in [3.8, 4) is 0 Å². The number of nitrogens with zero attached hydrogens (tertiary/aromatic N) is 2. The molecule has 0 bridgehead atoms. The highest BCUT2D eigenvalue weighted by Crippen LogP contribution is 2.19. The third-order valence-corrected chi connectivity index (χ3v) is 4.34. The zero-order valence-electron chi connectivity index (χ0n) is 10.9. The Morgan fingerprint density at radius 1 is 1.47 bits per heavy atom. The molecule has 1 heterocycles. The second-order valence-corrected chi connectivity index (χ2v) is 5.91. The smallest absolute Gasteiger partial charge is 0.325 e. The highest BCUT2D eigenvalue weighted by molar-refractivity contribution is 7.89. The minimum atomic E-state index is -3.83. The minimum Gasteiger partial charge on any atom is -0.480 e. The molecule has 0 saturated heterocycles. The van der Waals surface area contributed by atoms with Crippen molar-refractivity contribution in [3.05, 3.63) is 11.4 Å². The first-order valence-corrected chi connectivity index (χ1v) is 7.06. The number of aliphatic hydroxyl groups excluding tert-OH is 1. The number of aliphatic hydroxyl groups is 1. The van der Waals surface area contributed by atoms with Crippen molar-refractivity contribution in [1.29, 1.82) is 0 Å². The Morgan fingerprint density at radius 3 is 2.53 bits per heavy atom. The quantitative estimate of drug-likeness (QED) is 0.633.